The van der Waals surface area contributed by atoms with Crippen LogP contribution in [-0.4, -0.2) is 31.5 Å². The second-order valence-electron chi connectivity index (χ2n) is 9.40. The Morgan fingerprint density at radius 3 is 2.78 bits per heavy atom. The normalized spacial score (nSPS) is 18.7. The third kappa shape index (κ3) is 3.35. The van der Waals surface area contributed by atoms with Gasteiger partial charge in [-0.25, -0.2) is 4.79 Å². The molecule has 1 aromatic carbocycles. The molecular weight excluding hydrogens is 410 g/mol. The largest absolute Gasteiger partial charge is 0.511 e. The third-order valence-corrected chi connectivity index (χ3v) is 7.07. The number of nitrogens with one attached hydrogen (secondary N) is 2. The molecule has 1 atom stereocenters. The highest BCUT2D eigenvalue weighted by Gasteiger charge is 2.36. The molecule has 5 rings (SSSR count). The maximum absolute atomic E-state index is 12.5. The molecule has 4 N–H and O–H groups in total. The molecule has 1 fully saturated rings. The van der Waals surface area contributed by atoms with Crippen LogP contribution in [0.2, 0.25) is 0 Å². The van der Waals surface area contributed by atoms with Crippen LogP contribution in [0.25, 0.3) is 22.2 Å². The summed E-state index contributed by atoms with van der Waals surface area (Å²) in [7, 11) is 2.07. The number of aryl methyl sites for hydroxylation is 1. The first-order valence-electron chi connectivity index (χ1n) is 10.9. The van der Waals surface area contributed by atoms with Crippen LogP contribution in [0, 0.1) is 0 Å². The van der Waals surface area contributed by atoms with Crippen LogP contribution in [0.3, 0.4) is 0 Å². The highest BCUT2D eigenvalue weighted by Crippen LogP contribution is 2.43. The molecule has 0 bridgehead atoms. The van der Waals surface area contributed by atoms with E-state index in [0.717, 1.165) is 35.0 Å². The molecule has 8 nitrogen and oxygen atoms in total. The van der Waals surface area contributed by atoms with Crippen molar-refractivity contribution in [3.8, 4) is 22.8 Å². The molecule has 0 saturated heterocycles. The lowest BCUT2D eigenvalue weighted by molar-refractivity contribution is 0.142. The minimum atomic E-state index is -1.64. The van der Waals surface area contributed by atoms with Crippen molar-refractivity contribution in [1.29, 1.82) is 0 Å². The summed E-state index contributed by atoms with van der Waals surface area (Å²) in [6.07, 6.45) is 2.00. The summed E-state index contributed by atoms with van der Waals surface area (Å²) in [6.45, 7) is 5.15. The van der Waals surface area contributed by atoms with Crippen molar-refractivity contribution in [3.63, 3.8) is 0 Å². The molecule has 2 aliphatic rings. The molecule has 0 aliphatic heterocycles. The van der Waals surface area contributed by atoms with E-state index in [1.54, 1.807) is 0 Å². The Hall–Kier alpha value is -3.26. The van der Waals surface area contributed by atoms with Crippen molar-refractivity contribution in [2.24, 2.45) is 7.05 Å². The number of rotatable bonds is 4. The first kappa shape index (κ1) is 20.6. The van der Waals surface area contributed by atoms with Gasteiger partial charge in [-0.2, -0.15) is 0 Å². The number of hydrogen-bond acceptors (Lipinski definition) is 5. The lowest BCUT2D eigenvalue weighted by Gasteiger charge is -2.15. The molecule has 2 heterocycles. The van der Waals surface area contributed by atoms with E-state index in [4.69, 9.17) is 5.11 Å². The number of carbonyl (C=O) groups is 1. The summed E-state index contributed by atoms with van der Waals surface area (Å²) in [5.74, 6) is -0.785. The smallest absolute Gasteiger partial charge is 0.504 e. The minimum Gasteiger partial charge on any atom is -0.504 e. The molecule has 0 amide bonds. The second kappa shape index (κ2) is 7.13. The lowest BCUT2D eigenvalue weighted by atomic mass is 9.92. The minimum absolute atomic E-state index is 0.190. The van der Waals surface area contributed by atoms with Crippen LogP contribution in [0.15, 0.2) is 23.0 Å². The van der Waals surface area contributed by atoms with E-state index in [0.29, 0.717) is 17.7 Å². The van der Waals surface area contributed by atoms with E-state index in [1.807, 2.05) is 0 Å². The topological polar surface area (TPSA) is 117 Å². The summed E-state index contributed by atoms with van der Waals surface area (Å²) >= 11 is 0. The van der Waals surface area contributed by atoms with E-state index in [2.05, 4.69) is 58.7 Å². The van der Waals surface area contributed by atoms with Gasteiger partial charge >= 0.3 is 6.16 Å². The molecule has 2 aliphatic carbocycles. The summed E-state index contributed by atoms with van der Waals surface area (Å²) in [5, 5.41) is 24.3. The van der Waals surface area contributed by atoms with E-state index in [1.165, 1.54) is 18.5 Å². The molecule has 32 heavy (non-hydrogen) atoms. The molecule has 1 unspecified atom stereocenters. The van der Waals surface area contributed by atoms with E-state index in [-0.39, 0.29) is 11.5 Å². The Morgan fingerprint density at radius 2 is 2.09 bits per heavy atom. The summed E-state index contributed by atoms with van der Waals surface area (Å²) in [5.41, 5.74) is 4.76. The van der Waals surface area contributed by atoms with Gasteiger partial charge < -0.3 is 29.8 Å². The van der Waals surface area contributed by atoms with Gasteiger partial charge in [-0.05, 0) is 62.3 Å². The Bertz CT molecular complexity index is 1320. The van der Waals surface area contributed by atoms with Gasteiger partial charge in [0.2, 0.25) is 5.75 Å². The van der Waals surface area contributed by atoms with E-state index in [9.17, 15) is 14.7 Å². The van der Waals surface area contributed by atoms with E-state index >= 15 is 0 Å². The zero-order valence-corrected chi connectivity index (χ0v) is 18.4. The maximum Gasteiger partial charge on any atom is 0.511 e. The molecule has 168 valence electrons. The van der Waals surface area contributed by atoms with Gasteiger partial charge in [-0.15, -0.1) is 0 Å². The number of aromatic amines is 1. The summed E-state index contributed by atoms with van der Waals surface area (Å²) in [6, 6.07) is 6.38. The van der Waals surface area contributed by atoms with Gasteiger partial charge in [-0.1, -0.05) is 6.92 Å². The number of aromatic hydroxyl groups is 1. The number of nitrogens with zero attached hydrogens (tertiary/aromatic N) is 1. The molecule has 3 aromatic rings. The van der Waals surface area contributed by atoms with Gasteiger partial charge in [0.1, 0.15) is 0 Å². The van der Waals surface area contributed by atoms with Crippen molar-refractivity contribution >= 4 is 17.1 Å². The number of fused-ring (bicyclic) bond motifs is 4. The summed E-state index contributed by atoms with van der Waals surface area (Å²) in [4.78, 5) is 26.3. The van der Waals surface area contributed by atoms with Crippen molar-refractivity contribution < 1.29 is 19.7 Å². The van der Waals surface area contributed by atoms with Crippen molar-refractivity contribution in [2.45, 2.75) is 57.5 Å². The SMILES string of the molecule is CC1CCc2c([nH]c(=O)c(OC(=O)O)c2O)-c2cc3cc(CNC4(C)CC4)n(C)c3cc21. The third-order valence-electron chi connectivity index (χ3n) is 7.07. The lowest BCUT2D eigenvalue weighted by Crippen LogP contribution is -2.27. The van der Waals surface area contributed by atoms with Crippen molar-refractivity contribution in [3.05, 3.63) is 45.4 Å². The number of hydrogen-bond donors (Lipinski definition) is 4. The number of pyridine rings is 1. The highest BCUT2D eigenvalue weighted by atomic mass is 16.7. The Kier molecular flexibility index (Phi) is 4.60. The van der Waals surface area contributed by atoms with Gasteiger partial charge in [0, 0.05) is 46.9 Å². The van der Waals surface area contributed by atoms with E-state index < -0.39 is 23.2 Å². The second-order valence-corrected chi connectivity index (χ2v) is 9.40. The predicted molar refractivity (Wildman–Crippen MR) is 121 cm³/mol. The predicted octanol–water partition coefficient (Wildman–Crippen LogP) is 3.99. The maximum atomic E-state index is 12.5. The fourth-order valence-electron chi connectivity index (χ4n) is 4.70. The Labute approximate surface area is 184 Å². The highest BCUT2D eigenvalue weighted by molar-refractivity contribution is 5.89. The number of aromatic nitrogens is 2. The zero-order valence-electron chi connectivity index (χ0n) is 18.4. The van der Waals surface area contributed by atoms with Gasteiger partial charge in [0.15, 0.2) is 5.75 Å². The average molecular weight is 437 g/mol. The first-order valence-corrected chi connectivity index (χ1v) is 10.9. The van der Waals surface area contributed by atoms with Crippen LogP contribution in [0.4, 0.5) is 4.79 Å². The fourth-order valence-corrected chi connectivity index (χ4v) is 4.70. The fraction of sp³-hybridized carbons (Fsp3) is 0.417. The van der Waals surface area contributed by atoms with Gasteiger partial charge in [0.05, 0.1) is 5.69 Å². The zero-order chi connectivity index (χ0) is 22.8. The van der Waals surface area contributed by atoms with Crippen LogP contribution in [-0.2, 0) is 20.0 Å². The molecular formula is C24H27N3O5. The van der Waals surface area contributed by atoms with Gasteiger partial charge in [0.25, 0.3) is 5.56 Å². The van der Waals surface area contributed by atoms with Crippen LogP contribution >= 0.6 is 0 Å². The van der Waals surface area contributed by atoms with Crippen molar-refractivity contribution in [1.82, 2.24) is 14.9 Å². The van der Waals surface area contributed by atoms with Crippen molar-refractivity contribution in [2.75, 3.05) is 0 Å². The Balaban J connectivity index is 1.65. The molecule has 2 aromatic heterocycles. The van der Waals surface area contributed by atoms with Crippen LogP contribution in [0.1, 0.15) is 55.8 Å². The molecule has 8 heteroatoms. The van der Waals surface area contributed by atoms with Gasteiger partial charge in [-0.3, -0.25) is 4.79 Å². The average Bonchev–Trinajstić information content (AvgIpc) is 3.42. The first-order chi connectivity index (χ1) is 15.2. The number of H-pyrrole nitrogens is 1. The summed E-state index contributed by atoms with van der Waals surface area (Å²) < 4.78 is 6.76. The number of ether oxygens (including phenoxy) is 1. The Morgan fingerprint density at radius 1 is 1.34 bits per heavy atom. The monoisotopic (exact) mass is 437 g/mol. The quantitative estimate of drug-likeness (QED) is 0.459. The molecule has 0 spiro atoms. The number of benzene rings is 1. The molecule has 1 saturated carbocycles. The van der Waals surface area contributed by atoms with Crippen LogP contribution < -0.4 is 15.6 Å². The van der Waals surface area contributed by atoms with Crippen LogP contribution in [0.5, 0.6) is 11.5 Å². The standard InChI is InChI=1S/C24H27N3O5/c1-12-4-5-15-19(26-22(29)21(20(15)28)32-23(30)31)17-9-13-8-14(11-25-24(2)6-7-24)27(3)18(13)10-16(12)17/h8-10,12,25H,4-7,11H2,1-3H3,(H,30,31)(H2,26,28,29). The number of carboxylic acid groups (broad SMARTS) is 1. The molecule has 0 radical (unpaired) electrons.